The van der Waals surface area contributed by atoms with Gasteiger partial charge in [0.15, 0.2) is 5.16 Å². The van der Waals surface area contributed by atoms with E-state index in [1.165, 1.54) is 12.8 Å². The molecule has 96 valence electrons. The lowest BCUT2D eigenvalue weighted by Crippen LogP contribution is -2.01. The number of hydrogen-bond acceptors (Lipinski definition) is 4. The fourth-order valence-electron chi connectivity index (χ4n) is 1.99. The van der Waals surface area contributed by atoms with Gasteiger partial charge >= 0.3 is 0 Å². The first-order valence-electron chi connectivity index (χ1n) is 6.40. The lowest BCUT2D eigenvalue weighted by Gasteiger charge is -2.08. The second kappa shape index (κ2) is 5.45. The Morgan fingerprint density at radius 1 is 1.26 bits per heavy atom. The van der Waals surface area contributed by atoms with Gasteiger partial charge in [0.1, 0.15) is 5.82 Å². The maximum Gasteiger partial charge on any atom is 0.195 e. The van der Waals surface area contributed by atoms with Gasteiger partial charge in [-0.05, 0) is 25.0 Å². The summed E-state index contributed by atoms with van der Waals surface area (Å²) < 4.78 is 2.14. The summed E-state index contributed by atoms with van der Waals surface area (Å²) >= 11 is 1.60. The Bertz CT molecular complexity index is 596. The van der Waals surface area contributed by atoms with E-state index < -0.39 is 0 Å². The molecule has 19 heavy (non-hydrogen) atoms. The van der Waals surface area contributed by atoms with Crippen molar-refractivity contribution >= 4 is 11.8 Å². The molecule has 1 fully saturated rings. The first kappa shape index (κ1) is 12.2. The minimum atomic E-state index is 0.533. The molecule has 1 aliphatic rings. The van der Waals surface area contributed by atoms with Gasteiger partial charge in [-0.2, -0.15) is 5.26 Å². The molecule has 0 atom stereocenters. The fraction of sp³-hybridized carbons (Fsp3) is 0.357. The van der Waals surface area contributed by atoms with E-state index in [1.54, 1.807) is 11.8 Å². The highest BCUT2D eigenvalue weighted by atomic mass is 32.2. The average Bonchev–Trinajstić information content (AvgIpc) is 3.21. The minimum Gasteiger partial charge on any atom is -0.274 e. The molecule has 0 N–H and O–H groups in total. The van der Waals surface area contributed by atoms with Crippen LogP contribution in [0.15, 0.2) is 35.5 Å². The Hall–Kier alpha value is -1.80. The van der Waals surface area contributed by atoms with E-state index in [-0.39, 0.29) is 0 Å². The first-order chi connectivity index (χ1) is 9.40. The van der Waals surface area contributed by atoms with Crippen LogP contribution in [0.1, 0.15) is 31.0 Å². The summed E-state index contributed by atoms with van der Waals surface area (Å²) in [6.07, 6.45) is 2.94. The summed E-state index contributed by atoms with van der Waals surface area (Å²) in [5.41, 5.74) is 1.11. The maximum absolute atomic E-state index is 8.63. The third-order valence-corrected chi connectivity index (χ3v) is 3.99. The van der Waals surface area contributed by atoms with Crippen molar-refractivity contribution in [2.45, 2.75) is 30.3 Å². The average molecular weight is 270 g/mol. The number of hydrogen-bond donors (Lipinski definition) is 0. The lowest BCUT2D eigenvalue weighted by molar-refractivity contribution is 0.829. The zero-order valence-corrected chi connectivity index (χ0v) is 11.3. The molecule has 1 aromatic carbocycles. The summed E-state index contributed by atoms with van der Waals surface area (Å²) in [6.45, 7) is 0. The molecule has 0 aliphatic heterocycles. The molecule has 0 radical (unpaired) electrons. The Balaban J connectivity index is 1.94. The number of aromatic nitrogens is 3. The number of rotatable bonds is 5. The van der Waals surface area contributed by atoms with Crippen LogP contribution in [0, 0.1) is 11.3 Å². The van der Waals surface area contributed by atoms with Crippen molar-refractivity contribution in [1.29, 1.82) is 5.26 Å². The summed E-state index contributed by atoms with van der Waals surface area (Å²) in [7, 11) is 0. The van der Waals surface area contributed by atoms with Crippen molar-refractivity contribution < 1.29 is 0 Å². The summed E-state index contributed by atoms with van der Waals surface area (Å²) in [6, 6.07) is 12.4. The van der Waals surface area contributed by atoms with E-state index in [1.807, 2.05) is 18.2 Å². The van der Waals surface area contributed by atoms with Gasteiger partial charge in [-0.15, -0.1) is 10.2 Å². The van der Waals surface area contributed by atoms with Crippen LogP contribution in [0.3, 0.4) is 0 Å². The molecule has 1 saturated carbocycles. The van der Waals surface area contributed by atoms with Crippen molar-refractivity contribution in [2.75, 3.05) is 5.75 Å². The Kier molecular flexibility index (Phi) is 3.51. The molecule has 3 rings (SSSR count). The second-order valence-corrected chi connectivity index (χ2v) is 5.60. The van der Waals surface area contributed by atoms with Crippen LogP contribution in [-0.4, -0.2) is 20.5 Å². The zero-order valence-electron chi connectivity index (χ0n) is 10.5. The number of nitriles is 1. The van der Waals surface area contributed by atoms with Crippen molar-refractivity contribution in [3.63, 3.8) is 0 Å². The predicted octanol–water partition coefficient (Wildman–Crippen LogP) is 3.15. The second-order valence-electron chi connectivity index (χ2n) is 4.54. The van der Waals surface area contributed by atoms with Gasteiger partial charge in [0, 0.05) is 23.8 Å². The van der Waals surface area contributed by atoms with Gasteiger partial charge < -0.3 is 0 Å². The van der Waals surface area contributed by atoms with Gasteiger partial charge in [0.2, 0.25) is 0 Å². The van der Waals surface area contributed by atoms with E-state index in [0.717, 1.165) is 22.4 Å². The minimum absolute atomic E-state index is 0.533. The number of thioether (sulfide) groups is 1. The fourth-order valence-corrected chi connectivity index (χ4v) is 2.79. The van der Waals surface area contributed by atoms with E-state index in [9.17, 15) is 0 Å². The highest BCUT2D eigenvalue weighted by Gasteiger charge is 2.30. The number of para-hydroxylation sites is 1. The molecule has 4 nitrogen and oxygen atoms in total. The molecule has 0 unspecified atom stereocenters. The molecule has 0 bridgehead atoms. The van der Waals surface area contributed by atoms with Gasteiger partial charge in [-0.3, -0.25) is 4.57 Å². The van der Waals surface area contributed by atoms with Crippen molar-refractivity contribution in [2.24, 2.45) is 0 Å². The highest BCUT2D eigenvalue weighted by molar-refractivity contribution is 7.99. The quantitative estimate of drug-likeness (QED) is 0.618. The van der Waals surface area contributed by atoms with Gasteiger partial charge in [0.25, 0.3) is 0 Å². The van der Waals surface area contributed by atoms with Crippen LogP contribution in [0.5, 0.6) is 0 Å². The first-order valence-corrected chi connectivity index (χ1v) is 7.39. The molecule has 0 saturated heterocycles. The molecule has 1 aliphatic carbocycles. The third-order valence-electron chi connectivity index (χ3n) is 3.06. The van der Waals surface area contributed by atoms with Crippen LogP contribution < -0.4 is 0 Å². The van der Waals surface area contributed by atoms with Crippen molar-refractivity contribution in [3.8, 4) is 11.8 Å². The third kappa shape index (κ3) is 2.64. The molecule has 0 spiro atoms. The Morgan fingerprint density at radius 2 is 2.05 bits per heavy atom. The standard InChI is InChI=1S/C14H14N4S/c15-9-4-10-19-14-17-16-13(11-7-8-11)18(14)12-5-2-1-3-6-12/h1-3,5-6,11H,4,7-8,10H2. The molecule has 0 amide bonds. The van der Waals surface area contributed by atoms with Gasteiger partial charge in [-0.1, -0.05) is 30.0 Å². The smallest absolute Gasteiger partial charge is 0.195 e. The maximum atomic E-state index is 8.63. The topological polar surface area (TPSA) is 54.5 Å². The Morgan fingerprint density at radius 3 is 2.74 bits per heavy atom. The normalized spacial score (nSPS) is 14.3. The molecule has 1 aromatic heterocycles. The van der Waals surface area contributed by atoms with E-state index in [0.29, 0.717) is 12.3 Å². The summed E-state index contributed by atoms with van der Waals surface area (Å²) in [5.74, 6) is 2.37. The van der Waals surface area contributed by atoms with E-state index >= 15 is 0 Å². The van der Waals surface area contributed by atoms with E-state index in [2.05, 4.69) is 33.0 Å². The Labute approximate surface area is 116 Å². The predicted molar refractivity (Wildman–Crippen MR) is 74.3 cm³/mol. The molecule has 1 heterocycles. The van der Waals surface area contributed by atoms with Crippen LogP contribution in [0.25, 0.3) is 5.69 Å². The lowest BCUT2D eigenvalue weighted by atomic mass is 10.3. The number of benzene rings is 1. The molecule has 2 aromatic rings. The number of nitrogens with zero attached hydrogens (tertiary/aromatic N) is 4. The SMILES string of the molecule is N#CCCSc1nnc(C2CC2)n1-c1ccccc1. The molecular formula is C14H14N4S. The summed E-state index contributed by atoms with van der Waals surface area (Å²) in [4.78, 5) is 0. The van der Waals surface area contributed by atoms with E-state index in [4.69, 9.17) is 5.26 Å². The van der Waals surface area contributed by atoms with Gasteiger partial charge in [-0.25, -0.2) is 0 Å². The monoisotopic (exact) mass is 270 g/mol. The summed E-state index contributed by atoms with van der Waals surface area (Å²) in [5, 5.41) is 18.2. The van der Waals surface area contributed by atoms with Crippen molar-refractivity contribution in [3.05, 3.63) is 36.2 Å². The highest BCUT2D eigenvalue weighted by Crippen LogP contribution is 2.41. The van der Waals surface area contributed by atoms with Crippen LogP contribution in [0.4, 0.5) is 0 Å². The largest absolute Gasteiger partial charge is 0.274 e. The van der Waals surface area contributed by atoms with Crippen LogP contribution in [-0.2, 0) is 0 Å². The van der Waals surface area contributed by atoms with Crippen LogP contribution >= 0.6 is 11.8 Å². The zero-order chi connectivity index (χ0) is 13.1. The van der Waals surface area contributed by atoms with Crippen LogP contribution in [0.2, 0.25) is 0 Å². The van der Waals surface area contributed by atoms with Crippen molar-refractivity contribution in [1.82, 2.24) is 14.8 Å². The molecule has 5 heteroatoms. The van der Waals surface area contributed by atoms with Gasteiger partial charge in [0.05, 0.1) is 6.07 Å². The molecular weight excluding hydrogens is 256 g/mol.